The lowest BCUT2D eigenvalue weighted by Gasteiger charge is -2.29. The number of carbonyl (C=O) groups excluding carboxylic acids is 2. The molecule has 1 aliphatic heterocycles. The predicted octanol–water partition coefficient (Wildman–Crippen LogP) is 3.93. The number of likely N-dealkylation sites (tertiary alicyclic amines) is 1. The molecule has 1 aromatic rings. The highest BCUT2D eigenvalue weighted by Crippen LogP contribution is 2.25. The third kappa shape index (κ3) is 4.14. The van der Waals surface area contributed by atoms with Crippen LogP contribution in [0.25, 0.3) is 0 Å². The van der Waals surface area contributed by atoms with Gasteiger partial charge in [0.15, 0.2) is 0 Å². The van der Waals surface area contributed by atoms with Crippen molar-refractivity contribution < 1.29 is 9.59 Å². The Labute approximate surface area is 150 Å². The molecule has 2 fully saturated rings. The third-order valence-electron chi connectivity index (χ3n) is 5.56. The minimum Gasteiger partial charge on any atom is -0.339 e. The zero-order valence-electron chi connectivity index (χ0n) is 15.3. The Hall–Kier alpha value is -2.04. The van der Waals surface area contributed by atoms with Gasteiger partial charge in [0.25, 0.3) is 5.91 Å². The summed E-state index contributed by atoms with van der Waals surface area (Å²) in [6.07, 6.45) is 6.71. The van der Waals surface area contributed by atoms with Gasteiger partial charge in [-0.3, -0.25) is 4.79 Å². The van der Waals surface area contributed by atoms with Crippen molar-refractivity contribution in [2.24, 2.45) is 5.92 Å². The van der Waals surface area contributed by atoms with E-state index in [-0.39, 0.29) is 18.0 Å². The van der Waals surface area contributed by atoms with Gasteiger partial charge in [-0.15, -0.1) is 0 Å². The number of benzene rings is 1. The molecule has 3 rings (SSSR count). The summed E-state index contributed by atoms with van der Waals surface area (Å²) < 4.78 is 0. The highest BCUT2D eigenvalue weighted by atomic mass is 16.2. The summed E-state index contributed by atoms with van der Waals surface area (Å²) in [5.41, 5.74) is 2.13. The summed E-state index contributed by atoms with van der Waals surface area (Å²) in [5, 5.41) is 6.02. The van der Waals surface area contributed by atoms with Gasteiger partial charge in [0.05, 0.1) is 11.3 Å². The lowest BCUT2D eigenvalue weighted by atomic mass is 9.86. The molecule has 5 heteroatoms. The molecule has 25 heavy (non-hydrogen) atoms. The summed E-state index contributed by atoms with van der Waals surface area (Å²) in [5.74, 6) is 0.527. The fraction of sp³-hybridized carbons (Fsp3) is 0.600. The second kappa shape index (κ2) is 7.89. The lowest BCUT2D eigenvalue weighted by molar-refractivity contribution is 0.0793. The molecule has 2 unspecified atom stereocenters. The number of aryl methyl sites for hydroxylation is 1. The molecule has 0 aromatic heterocycles. The maximum atomic E-state index is 12.9. The van der Waals surface area contributed by atoms with Crippen molar-refractivity contribution in [3.63, 3.8) is 0 Å². The van der Waals surface area contributed by atoms with Crippen LogP contribution < -0.4 is 10.6 Å². The average Bonchev–Trinajstić information content (AvgIpc) is 3.11. The van der Waals surface area contributed by atoms with E-state index >= 15 is 0 Å². The Morgan fingerprint density at radius 3 is 2.52 bits per heavy atom. The van der Waals surface area contributed by atoms with Crippen LogP contribution in [0, 0.1) is 12.8 Å². The zero-order valence-corrected chi connectivity index (χ0v) is 15.3. The van der Waals surface area contributed by atoms with Crippen LogP contribution in [0.2, 0.25) is 0 Å². The number of nitrogens with one attached hydrogen (secondary N) is 2. The molecular formula is C20H29N3O2. The van der Waals surface area contributed by atoms with Crippen LogP contribution >= 0.6 is 0 Å². The van der Waals surface area contributed by atoms with E-state index in [1.165, 1.54) is 12.8 Å². The van der Waals surface area contributed by atoms with Gasteiger partial charge in [0.1, 0.15) is 0 Å². The first-order valence-corrected chi connectivity index (χ1v) is 9.52. The van der Waals surface area contributed by atoms with Gasteiger partial charge in [0.2, 0.25) is 0 Å². The second-order valence-electron chi connectivity index (χ2n) is 7.46. The molecule has 3 amide bonds. The Morgan fingerprint density at radius 2 is 1.80 bits per heavy atom. The number of hydrogen-bond donors (Lipinski definition) is 2. The molecule has 1 saturated carbocycles. The van der Waals surface area contributed by atoms with Crippen molar-refractivity contribution in [3.05, 3.63) is 29.3 Å². The number of urea groups is 1. The van der Waals surface area contributed by atoms with Crippen molar-refractivity contribution in [3.8, 4) is 0 Å². The molecule has 1 aromatic carbocycles. The fourth-order valence-corrected chi connectivity index (χ4v) is 3.99. The molecule has 0 spiro atoms. The molecule has 1 saturated heterocycles. The molecule has 1 aliphatic carbocycles. The number of hydrogen-bond acceptors (Lipinski definition) is 2. The number of anilines is 1. The number of carbonyl (C=O) groups is 2. The number of nitrogens with zero attached hydrogens (tertiary/aromatic N) is 1. The molecule has 2 aliphatic rings. The molecule has 0 radical (unpaired) electrons. The van der Waals surface area contributed by atoms with Crippen LogP contribution in [0.15, 0.2) is 18.2 Å². The zero-order chi connectivity index (χ0) is 17.8. The molecule has 2 atom stereocenters. The summed E-state index contributed by atoms with van der Waals surface area (Å²) in [6.45, 7) is 5.73. The molecule has 2 N–H and O–H groups in total. The fourth-order valence-electron chi connectivity index (χ4n) is 3.99. The monoisotopic (exact) mass is 343 g/mol. The normalized spacial score (nSPS) is 23.4. The van der Waals surface area contributed by atoms with Gasteiger partial charge in [-0.05, 0) is 50.2 Å². The van der Waals surface area contributed by atoms with E-state index < -0.39 is 0 Å². The number of rotatable bonds is 3. The van der Waals surface area contributed by atoms with Gasteiger partial charge in [-0.2, -0.15) is 0 Å². The first-order chi connectivity index (χ1) is 12.1. The largest absolute Gasteiger partial charge is 0.339 e. The maximum Gasteiger partial charge on any atom is 0.319 e. The first-order valence-electron chi connectivity index (χ1n) is 9.52. The van der Waals surface area contributed by atoms with E-state index in [1.54, 1.807) is 0 Å². The van der Waals surface area contributed by atoms with Crippen molar-refractivity contribution in [1.29, 1.82) is 0 Å². The van der Waals surface area contributed by atoms with Gasteiger partial charge < -0.3 is 15.5 Å². The van der Waals surface area contributed by atoms with Gasteiger partial charge >= 0.3 is 6.03 Å². The van der Waals surface area contributed by atoms with E-state index in [4.69, 9.17) is 0 Å². The van der Waals surface area contributed by atoms with Crippen LogP contribution in [-0.4, -0.2) is 36.0 Å². The molecule has 0 bridgehead atoms. The summed E-state index contributed by atoms with van der Waals surface area (Å²) in [4.78, 5) is 27.2. The topological polar surface area (TPSA) is 61.4 Å². The minimum atomic E-state index is -0.208. The lowest BCUT2D eigenvalue weighted by Crippen LogP contribution is -2.43. The average molecular weight is 343 g/mol. The van der Waals surface area contributed by atoms with E-state index in [0.29, 0.717) is 17.2 Å². The molecule has 1 heterocycles. The summed E-state index contributed by atoms with van der Waals surface area (Å²) in [7, 11) is 0. The smallest absolute Gasteiger partial charge is 0.319 e. The van der Waals surface area contributed by atoms with E-state index in [9.17, 15) is 9.59 Å². The van der Waals surface area contributed by atoms with E-state index in [1.807, 2.05) is 30.0 Å². The maximum absolute atomic E-state index is 12.9. The minimum absolute atomic E-state index is 0.0249. The highest BCUT2D eigenvalue weighted by Gasteiger charge is 2.26. The first kappa shape index (κ1) is 17.8. The number of amides is 3. The van der Waals surface area contributed by atoms with Gasteiger partial charge in [0, 0.05) is 19.1 Å². The van der Waals surface area contributed by atoms with Crippen LogP contribution in [0.4, 0.5) is 10.5 Å². The SMILES string of the molecule is Cc1cccc(NC(=O)NC2CCCCC2C)c1C(=O)N1CCCC1. The Kier molecular flexibility index (Phi) is 5.61. The Balaban J connectivity index is 1.72. The second-order valence-corrected chi connectivity index (χ2v) is 7.46. The summed E-state index contributed by atoms with van der Waals surface area (Å²) >= 11 is 0. The third-order valence-corrected chi connectivity index (χ3v) is 5.56. The highest BCUT2D eigenvalue weighted by molar-refractivity contribution is 6.04. The Morgan fingerprint density at radius 1 is 1.08 bits per heavy atom. The van der Waals surface area contributed by atoms with Gasteiger partial charge in [-0.25, -0.2) is 4.79 Å². The molecule has 136 valence electrons. The quantitative estimate of drug-likeness (QED) is 0.873. The predicted molar refractivity (Wildman–Crippen MR) is 99.9 cm³/mol. The van der Waals surface area contributed by atoms with Crippen molar-refractivity contribution in [2.75, 3.05) is 18.4 Å². The van der Waals surface area contributed by atoms with E-state index in [0.717, 1.165) is 44.3 Å². The van der Waals surface area contributed by atoms with Crippen molar-refractivity contribution in [2.45, 2.75) is 58.4 Å². The van der Waals surface area contributed by atoms with Gasteiger partial charge in [-0.1, -0.05) is 31.9 Å². The Bertz CT molecular complexity index is 638. The standard InChI is InChI=1S/C20H29N3O2/c1-14-8-3-4-10-16(14)21-20(25)22-17-11-7-9-15(2)18(17)19(24)23-12-5-6-13-23/h7,9,11,14,16H,3-6,8,10,12-13H2,1-2H3,(H2,21,22,25). The molecule has 5 nitrogen and oxygen atoms in total. The van der Waals surface area contributed by atoms with Crippen LogP contribution in [0.1, 0.15) is 61.4 Å². The van der Waals surface area contributed by atoms with Crippen molar-refractivity contribution >= 4 is 17.6 Å². The molecular weight excluding hydrogens is 314 g/mol. The summed E-state index contributed by atoms with van der Waals surface area (Å²) in [6, 6.07) is 5.64. The van der Waals surface area contributed by atoms with Crippen molar-refractivity contribution in [1.82, 2.24) is 10.2 Å². The van der Waals surface area contributed by atoms with Crippen LogP contribution in [0.3, 0.4) is 0 Å². The van der Waals surface area contributed by atoms with Crippen LogP contribution in [0.5, 0.6) is 0 Å². The van der Waals surface area contributed by atoms with Crippen LogP contribution in [-0.2, 0) is 0 Å². The van der Waals surface area contributed by atoms with E-state index in [2.05, 4.69) is 17.6 Å².